The summed E-state index contributed by atoms with van der Waals surface area (Å²) in [6.07, 6.45) is 2.94. The van der Waals surface area contributed by atoms with Crippen molar-refractivity contribution in [2.24, 2.45) is 11.8 Å². The topological polar surface area (TPSA) is 41.1 Å². The second kappa shape index (κ2) is 8.62. The zero-order valence-electron chi connectivity index (χ0n) is 12.6. The van der Waals surface area contributed by atoms with Crippen LogP contribution in [0, 0.1) is 18.8 Å². The molecule has 2 rings (SSSR count). The minimum absolute atomic E-state index is 0. The van der Waals surface area contributed by atoms with Crippen molar-refractivity contribution < 1.29 is 4.79 Å². The molecule has 21 heavy (non-hydrogen) atoms. The van der Waals surface area contributed by atoms with Crippen molar-refractivity contribution in [2.45, 2.75) is 33.1 Å². The van der Waals surface area contributed by atoms with Gasteiger partial charge in [0, 0.05) is 17.1 Å². The molecular formula is C16H24Cl2N2O. The molecule has 1 aromatic rings. The van der Waals surface area contributed by atoms with Crippen LogP contribution in [0.1, 0.15) is 31.7 Å². The molecule has 1 fully saturated rings. The number of anilines is 1. The molecule has 0 radical (unpaired) electrons. The van der Waals surface area contributed by atoms with E-state index in [1.165, 1.54) is 12.8 Å². The summed E-state index contributed by atoms with van der Waals surface area (Å²) in [7, 11) is 0. The predicted molar refractivity (Wildman–Crippen MR) is 91.4 cm³/mol. The molecular weight excluding hydrogens is 307 g/mol. The van der Waals surface area contributed by atoms with Crippen molar-refractivity contribution >= 4 is 35.6 Å². The van der Waals surface area contributed by atoms with Crippen molar-refractivity contribution in [1.82, 2.24) is 5.32 Å². The van der Waals surface area contributed by atoms with Gasteiger partial charge in [0.15, 0.2) is 0 Å². The summed E-state index contributed by atoms with van der Waals surface area (Å²) in [4.78, 5) is 12.1. The van der Waals surface area contributed by atoms with Gasteiger partial charge < -0.3 is 10.6 Å². The van der Waals surface area contributed by atoms with Crippen LogP contribution in [0.4, 0.5) is 5.69 Å². The lowest BCUT2D eigenvalue weighted by Crippen LogP contribution is -2.32. The molecule has 5 heteroatoms. The van der Waals surface area contributed by atoms with Gasteiger partial charge in [-0.25, -0.2) is 0 Å². The Hall–Kier alpha value is -0.770. The molecule has 118 valence electrons. The lowest BCUT2D eigenvalue weighted by molar-refractivity contribution is -0.117. The van der Waals surface area contributed by atoms with E-state index in [0.29, 0.717) is 23.3 Å². The number of hydrogen-bond acceptors (Lipinski definition) is 2. The molecule has 0 bridgehead atoms. The van der Waals surface area contributed by atoms with Gasteiger partial charge in [-0.1, -0.05) is 18.5 Å². The van der Waals surface area contributed by atoms with Crippen LogP contribution in [-0.2, 0) is 4.79 Å². The lowest BCUT2D eigenvalue weighted by atomic mass is 9.84. The zero-order valence-corrected chi connectivity index (χ0v) is 14.2. The van der Waals surface area contributed by atoms with Crippen molar-refractivity contribution in [2.75, 3.05) is 18.4 Å². The highest BCUT2D eigenvalue weighted by Gasteiger charge is 2.22. The fourth-order valence-corrected chi connectivity index (χ4v) is 3.07. The molecule has 2 N–H and O–H groups in total. The highest BCUT2D eigenvalue weighted by Crippen LogP contribution is 2.25. The Balaban J connectivity index is 0.00000220. The van der Waals surface area contributed by atoms with Crippen molar-refractivity contribution in [1.29, 1.82) is 0 Å². The fourth-order valence-electron chi connectivity index (χ4n) is 2.84. The lowest BCUT2D eigenvalue weighted by Gasteiger charge is -2.27. The number of benzene rings is 1. The second-order valence-electron chi connectivity index (χ2n) is 5.78. The minimum atomic E-state index is 0. The first kappa shape index (κ1) is 18.3. The summed E-state index contributed by atoms with van der Waals surface area (Å²) < 4.78 is 0. The van der Waals surface area contributed by atoms with Gasteiger partial charge in [0.25, 0.3) is 0 Å². The van der Waals surface area contributed by atoms with Gasteiger partial charge in [-0.2, -0.15) is 0 Å². The molecule has 0 aliphatic carbocycles. The fraction of sp³-hybridized carbons (Fsp3) is 0.562. The average molecular weight is 331 g/mol. The maximum atomic E-state index is 12.1. The predicted octanol–water partition coefficient (Wildman–Crippen LogP) is 4.03. The van der Waals surface area contributed by atoms with Crippen molar-refractivity contribution in [3.05, 3.63) is 28.8 Å². The van der Waals surface area contributed by atoms with E-state index in [-0.39, 0.29) is 18.3 Å². The maximum absolute atomic E-state index is 12.1. The molecule has 1 aliphatic heterocycles. The van der Waals surface area contributed by atoms with Gasteiger partial charge in [-0.3, -0.25) is 4.79 Å². The third-order valence-electron chi connectivity index (χ3n) is 4.16. The number of piperidine rings is 1. The van der Waals surface area contributed by atoms with Crippen LogP contribution in [0.2, 0.25) is 5.02 Å². The summed E-state index contributed by atoms with van der Waals surface area (Å²) in [5.41, 5.74) is 1.86. The standard InChI is InChI=1S/C16H23ClN2O.ClH/c1-11(13-5-7-18-8-6-13)10-16(20)19-15-4-3-14(17)9-12(15)2;/h3-4,9,11,13,18H,5-8,10H2,1-2H3,(H,19,20);1H. The minimum Gasteiger partial charge on any atom is -0.326 e. The van der Waals surface area contributed by atoms with Crippen LogP contribution in [0.3, 0.4) is 0 Å². The van der Waals surface area contributed by atoms with Crippen LogP contribution < -0.4 is 10.6 Å². The van der Waals surface area contributed by atoms with Gasteiger partial charge >= 0.3 is 0 Å². The molecule has 0 spiro atoms. The molecule has 3 nitrogen and oxygen atoms in total. The van der Waals surface area contributed by atoms with Crippen LogP contribution in [0.15, 0.2) is 18.2 Å². The number of carbonyl (C=O) groups excluding carboxylic acids is 1. The van der Waals surface area contributed by atoms with Crippen molar-refractivity contribution in [3.63, 3.8) is 0 Å². The van der Waals surface area contributed by atoms with E-state index in [1.807, 2.05) is 19.1 Å². The molecule has 0 saturated carbocycles. The summed E-state index contributed by atoms with van der Waals surface area (Å²) in [5, 5.41) is 7.05. The number of hydrogen-bond donors (Lipinski definition) is 2. The Labute approximate surface area is 138 Å². The number of halogens is 2. The Morgan fingerprint density at radius 2 is 2.10 bits per heavy atom. The normalized spacial score (nSPS) is 16.9. The first-order chi connectivity index (χ1) is 9.56. The summed E-state index contributed by atoms with van der Waals surface area (Å²) >= 11 is 5.92. The third kappa shape index (κ3) is 5.50. The van der Waals surface area contributed by atoms with Gasteiger partial charge in [-0.15, -0.1) is 12.4 Å². The Kier molecular flexibility index (Phi) is 7.50. The molecule has 1 unspecified atom stereocenters. The largest absolute Gasteiger partial charge is 0.326 e. The average Bonchev–Trinajstić information content (AvgIpc) is 2.43. The molecule has 1 aromatic carbocycles. The molecule has 0 aromatic heterocycles. The number of rotatable bonds is 4. The number of nitrogens with one attached hydrogen (secondary N) is 2. The first-order valence-corrected chi connectivity index (χ1v) is 7.71. The van der Waals surface area contributed by atoms with Gasteiger partial charge in [-0.05, 0) is 68.5 Å². The zero-order chi connectivity index (χ0) is 14.5. The van der Waals surface area contributed by atoms with Crippen LogP contribution in [-0.4, -0.2) is 19.0 Å². The maximum Gasteiger partial charge on any atom is 0.224 e. The van der Waals surface area contributed by atoms with E-state index in [0.717, 1.165) is 24.3 Å². The molecule has 1 amide bonds. The van der Waals surface area contributed by atoms with E-state index in [1.54, 1.807) is 6.07 Å². The molecule has 1 atom stereocenters. The summed E-state index contributed by atoms with van der Waals surface area (Å²) in [6.45, 7) is 6.29. The second-order valence-corrected chi connectivity index (χ2v) is 6.21. The van der Waals surface area contributed by atoms with E-state index < -0.39 is 0 Å². The van der Waals surface area contributed by atoms with Crippen LogP contribution in [0.25, 0.3) is 0 Å². The molecule has 1 aliphatic rings. The Morgan fingerprint density at radius 3 is 2.71 bits per heavy atom. The van der Waals surface area contributed by atoms with E-state index in [4.69, 9.17) is 11.6 Å². The highest BCUT2D eigenvalue weighted by molar-refractivity contribution is 6.30. The highest BCUT2D eigenvalue weighted by atomic mass is 35.5. The van der Waals surface area contributed by atoms with Crippen molar-refractivity contribution in [3.8, 4) is 0 Å². The Bertz CT molecular complexity index is 473. The summed E-state index contributed by atoms with van der Waals surface area (Å²) in [6, 6.07) is 5.54. The van der Waals surface area contributed by atoms with E-state index >= 15 is 0 Å². The summed E-state index contributed by atoms with van der Waals surface area (Å²) in [5.74, 6) is 1.19. The van der Waals surface area contributed by atoms with Gasteiger partial charge in [0.2, 0.25) is 5.91 Å². The van der Waals surface area contributed by atoms with E-state index in [2.05, 4.69) is 17.6 Å². The molecule has 1 saturated heterocycles. The first-order valence-electron chi connectivity index (χ1n) is 7.33. The van der Waals surface area contributed by atoms with E-state index in [9.17, 15) is 4.79 Å². The third-order valence-corrected chi connectivity index (χ3v) is 4.39. The number of carbonyl (C=O) groups is 1. The quantitative estimate of drug-likeness (QED) is 0.874. The van der Waals surface area contributed by atoms with Gasteiger partial charge in [0.05, 0.1) is 0 Å². The number of aryl methyl sites for hydroxylation is 1. The van der Waals surface area contributed by atoms with Crippen LogP contribution in [0.5, 0.6) is 0 Å². The molecule has 1 heterocycles. The smallest absolute Gasteiger partial charge is 0.224 e. The monoisotopic (exact) mass is 330 g/mol. The Morgan fingerprint density at radius 1 is 1.43 bits per heavy atom. The number of amides is 1. The van der Waals surface area contributed by atoms with Gasteiger partial charge in [0.1, 0.15) is 0 Å². The van der Waals surface area contributed by atoms with Crippen LogP contribution >= 0.6 is 24.0 Å². The SMILES string of the molecule is Cc1cc(Cl)ccc1NC(=O)CC(C)C1CCNCC1.Cl.